The van der Waals surface area contributed by atoms with Crippen molar-refractivity contribution in [3.05, 3.63) is 36.4 Å². The number of phenols is 4. The van der Waals surface area contributed by atoms with Crippen LogP contribution in [-0.4, -0.2) is 33.6 Å². The number of ether oxygens (including phenoxy) is 1. The van der Waals surface area contributed by atoms with Crippen molar-refractivity contribution in [1.29, 1.82) is 0 Å². The fraction of sp³-hybridized carbons (Fsp3) is 0.143. The second-order valence-electron chi connectivity index (χ2n) is 4.02. The van der Waals surface area contributed by atoms with Gasteiger partial charge in [0.25, 0.3) is 0 Å². The molecule has 5 nitrogen and oxygen atoms in total. The van der Waals surface area contributed by atoms with Gasteiger partial charge < -0.3 is 25.2 Å². The molecule has 1 saturated heterocycles. The van der Waals surface area contributed by atoms with Crippen LogP contribution >= 0.6 is 0 Å². The van der Waals surface area contributed by atoms with Gasteiger partial charge in [-0.1, -0.05) is 12.1 Å². The Kier molecular flexibility index (Phi) is 3.77. The Hall–Kier alpha value is -2.40. The predicted molar refractivity (Wildman–Crippen MR) is 69.4 cm³/mol. The van der Waals surface area contributed by atoms with E-state index in [0.29, 0.717) is 5.56 Å². The molecule has 0 atom stereocenters. The van der Waals surface area contributed by atoms with E-state index in [1.165, 1.54) is 12.1 Å². The number of phenolic OH excluding ortho intramolecular Hbond substituents is 4. The molecule has 19 heavy (non-hydrogen) atoms. The topological polar surface area (TPSA) is 93.5 Å². The summed E-state index contributed by atoms with van der Waals surface area (Å²) in [6.45, 7) is 2.00. The van der Waals surface area contributed by atoms with Crippen molar-refractivity contribution < 1.29 is 25.2 Å². The number of epoxide rings is 1. The maximum Gasteiger partial charge on any atom is 0.130 e. The van der Waals surface area contributed by atoms with E-state index in [0.717, 1.165) is 25.3 Å². The summed E-state index contributed by atoms with van der Waals surface area (Å²) in [5, 5.41) is 37.5. The summed E-state index contributed by atoms with van der Waals surface area (Å²) in [6, 6.07) is 8.29. The molecule has 1 aliphatic heterocycles. The van der Waals surface area contributed by atoms with Crippen LogP contribution in [0.15, 0.2) is 36.4 Å². The third-order valence-electron chi connectivity index (χ3n) is 2.44. The van der Waals surface area contributed by atoms with Crippen LogP contribution in [0.1, 0.15) is 0 Å². The minimum atomic E-state index is -0.219. The Morgan fingerprint density at radius 1 is 0.737 bits per heavy atom. The molecule has 0 radical (unpaired) electrons. The van der Waals surface area contributed by atoms with Crippen LogP contribution < -0.4 is 0 Å². The average Bonchev–Trinajstić information content (AvgIpc) is 3.18. The second-order valence-corrected chi connectivity index (χ2v) is 4.02. The number of rotatable bonds is 1. The van der Waals surface area contributed by atoms with Crippen LogP contribution in [0.3, 0.4) is 0 Å². The van der Waals surface area contributed by atoms with E-state index in [2.05, 4.69) is 4.74 Å². The van der Waals surface area contributed by atoms with E-state index in [-0.39, 0.29) is 28.6 Å². The van der Waals surface area contributed by atoms with Gasteiger partial charge in [-0.2, -0.15) is 0 Å². The molecule has 0 unspecified atom stereocenters. The Morgan fingerprint density at radius 2 is 1.21 bits per heavy atom. The summed E-state index contributed by atoms with van der Waals surface area (Å²) in [4.78, 5) is 0. The first-order valence-corrected chi connectivity index (χ1v) is 5.70. The minimum absolute atomic E-state index is 0.0986. The van der Waals surface area contributed by atoms with Crippen LogP contribution in [0.5, 0.6) is 23.0 Å². The van der Waals surface area contributed by atoms with Gasteiger partial charge in [0.15, 0.2) is 0 Å². The van der Waals surface area contributed by atoms with Crippen molar-refractivity contribution in [2.75, 3.05) is 13.2 Å². The summed E-state index contributed by atoms with van der Waals surface area (Å²) >= 11 is 0. The zero-order chi connectivity index (χ0) is 13.8. The first kappa shape index (κ1) is 13.0. The maximum atomic E-state index is 9.61. The third-order valence-corrected chi connectivity index (χ3v) is 2.44. The van der Waals surface area contributed by atoms with Gasteiger partial charge in [0.1, 0.15) is 23.0 Å². The summed E-state index contributed by atoms with van der Waals surface area (Å²) in [7, 11) is 0. The SMILES string of the molecule is C1CO1.Oc1ccc(-c2c(O)cc(O)cc2O)cc1. The van der Waals surface area contributed by atoms with E-state index in [9.17, 15) is 10.2 Å². The van der Waals surface area contributed by atoms with Crippen molar-refractivity contribution in [2.24, 2.45) is 0 Å². The van der Waals surface area contributed by atoms with Crippen molar-refractivity contribution in [3.63, 3.8) is 0 Å². The highest BCUT2D eigenvalue weighted by atomic mass is 16.6. The fourth-order valence-corrected chi connectivity index (χ4v) is 1.52. The zero-order valence-electron chi connectivity index (χ0n) is 10.1. The van der Waals surface area contributed by atoms with Gasteiger partial charge in [0.05, 0.1) is 18.8 Å². The Balaban J connectivity index is 0.000000390. The smallest absolute Gasteiger partial charge is 0.130 e. The Bertz CT molecular complexity index is 535. The van der Waals surface area contributed by atoms with E-state index in [1.54, 1.807) is 12.1 Å². The molecule has 0 aromatic heterocycles. The third kappa shape index (κ3) is 3.53. The molecular weight excluding hydrogens is 248 g/mol. The Labute approximate surface area is 110 Å². The van der Waals surface area contributed by atoms with Gasteiger partial charge >= 0.3 is 0 Å². The summed E-state index contributed by atoms with van der Waals surface area (Å²) < 4.78 is 4.50. The van der Waals surface area contributed by atoms with E-state index in [1.807, 2.05) is 0 Å². The molecule has 4 N–H and O–H groups in total. The molecule has 0 spiro atoms. The largest absolute Gasteiger partial charge is 0.508 e. The van der Waals surface area contributed by atoms with Gasteiger partial charge in [-0.15, -0.1) is 0 Å². The monoisotopic (exact) mass is 262 g/mol. The zero-order valence-corrected chi connectivity index (χ0v) is 10.1. The van der Waals surface area contributed by atoms with Crippen LogP contribution in [0.25, 0.3) is 11.1 Å². The predicted octanol–water partition coefficient (Wildman–Crippen LogP) is 2.19. The van der Waals surface area contributed by atoms with Crippen LogP contribution in [0.4, 0.5) is 0 Å². The Morgan fingerprint density at radius 3 is 1.63 bits per heavy atom. The van der Waals surface area contributed by atoms with Gasteiger partial charge in [-0.05, 0) is 17.7 Å². The van der Waals surface area contributed by atoms with Crippen molar-refractivity contribution in [3.8, 4) is 34.1 Å². The molecule has 0 amide bonds. The lowest BCUT2D eigenvalue weighted by Crippen LogP contribution is -1.80. The molecule has 2 aromatic carbocycles. The molecule has 100 valence electrons. The molecule has 3 rings (SSSR count). The molecule has 1 fully saturated rings. The van der Waals surface area contributed by atoms with Crippen molar-refractivity contribution in [2.45, 2.75) is 0 Å². The highest BCUT2D eigenvalue weighted by Crippen LogP contribution is 2.40. The normalized spacial score (nSPS) is 12.4. The lowest BCUT2D eigenvalue weighted by atomic mass is 10.0. The first-order chi connectivity index (χ1) is 9.08. The molecule has 5 heteroatoms. The second kappa shape index (κ2) is 5.49. The lowest BCUT2D eigenvalue weighted by molar-refractivity contribution is 0.430. The van der Waals surface area contributed by atoms with Gasteiger partial charge in [0.2, 0.25) is 0 Å². The minimum Gasteiger partial charge on any atom is -0.508 e. The van der Waals surface area contributed by atoms with Crippen molar-refractivity contribution in [1.82, 2.24) is 0 Å². The van der Waals surface area contributed by atoms with Gasteiger partial charge in [-0.3, -0.25) is 0 Å². The molecule has 0 saturated carbocycles. The number of aromatic hydroxyl groups is 4. The molecule has 0 bridgehead atoms. The highest BCUT2D eigenvalue weighted by molar-refractivity contribution is 5.77. The molecule has 1 aliphatic rings. The van der Waals surface area contributed by atoms with Gasteiger partial charge in [0, 0.05) is 12.1 Å². The van der Waals surface area contributed by atoms with Crippen molar-refractivity contribution >= 4 is 0 Å². The highest BCUT2D eigenvalue weighted by Gasteiger charge is 2.11. The van der Waals surface area contributed by atoms with Crippen LogP contribution in [-0.2, 0) is 4.74 Å². The van der Waals surface area contributed by atoms with Crippen LogP contribution in [0, 0.1) is 0 Å². The first-order valence-electron chi connectivity index (χ1n) is 5.70. The average molecular weight is 262 g/mol. The number of hydrogen-bond donors (Lipinski definition) is 4. The quantitative estimate of drug-likeness (QED) is 0.591. The van der Waals surface area contributed by atoms with E-state index in [4.69, 9.17) is 10.2 Å². The summed E-state index contributed by atoms with van der Waals surface area (Å²) in [6.07, 6.45) is 0. The molecule has 2 aromatic rings. The maximum absolute atomic E-state index is 9.61. The standard InChI is InChI=1S/C12H10O4.C2H4O/c13-8-3-1-7(2-4-8)12-10(15)5-9(14)6-11(12)16;1-2-3-1/h1-6,13-16H;1-2H2. The number of benzene rings is 2. The van der Waals surface area contributed by atoms with Crippen LogP contribution in [0.2, 0.25) is 0 Å². The molecule has 0 aliphatic carbocycles. The van der Waals surface area contributed by atoms with E-state index >= 15 is 0 Å². The summed E-state index contributed by atoms with van der Waals surface area (Å²) in [5.74, 6) is -0.551. The fourth-order valence-electron chi connectivity index (χ4n) is 1.52. The van der Waals surface area contributed by atoms with Gasteiger partial charge in [-0.25, -0.2) is 0 Å². The van der Waals surface area contributed by atoms with E-state index < -0.39 is 0 Å². The molecule has 1 heterocycles. The lowest BCUT2D eigenvalue weighted by Gasteiger charge is -2.08. The number of hydrogen-bond acceptors (Lipinski definition) is 5. The summed E-state index contributed by atoms with van der Waals surface area (Å²) in [5.41, 5.74) is 0.769. The molecular formula is C14H14O5.